The lowest BCUT2D eigenvalue weighted by Crippen LogP contribution is -2.34. The van der Waals surface area contributed by atoms with Crippen LogP contribution < -0.4 is 11.0 Å². The molecule has 0 spiro atoms. The number of nitrogens with one attached hydrogen (secondary N) is 1. The highest BCUT2D eigenvalue weighted by Crippen LogP contribution is 2.33. The number of hydrogen-bond donors (Lipinski definition) is 1. The summed E-state index contributed by atoms with van der Waals surface area (Å²) in [5, 5.41) is 24.4. The van der Waals surface area contributed by atoms with E-state index in [1.54, 1.807) is 67.2 Å². The molecule has 0 saturated carbocycles. The number of nitro groups is 2. The number of amides is 1. The maximum Gasteiger partial charge on any atom is 0.300 e. The van der Waals surface area contributed by atoms with Gasteiger partial charge >= 0.3 is 5.69 Å². The lowest BCUT2D eigenvalue weighted by atomic mass is 10.1. The zero-order valence-electron chi connectivity index (χ0n) is 21.5. The zero-order chi connectivity index (χ0) is 29.4. The Bertz CT molecular complexity index is 1840. The molecular weight excluding hydrogens is 554 g/mol. The highest BCUT2D eigenvalue weighted by molar-refractivity contribution is 6.49. The molecule has 0 atom stereocenters. The number of nitro benzene ring substituents is 2. The quantitative estimate of drug-likeness (QED) is 0.242. The Hall–Kier alpha value is -5.56. The SMILES string of the molecule is Cc1c(N=C2C=C(c3ccc(Cl)cc3)N(Nc3ccc([N+](=O)[O-])cc3[N+](=O)[O-])C2=O)c(=O)n(-c2ccccc2)n1C. The highest BCUT2D eigenvalue weighted by atomic mass is 35.5. The van der Waals surface area contributed by atoms with Gasteiger partial charge in [-0.3, -0.25) is 39.9 Å². The molecule has 3 aromatic carbocycles. The normalized spacial score (nSPS) is 13.9. The van der Waals surface area contributed by atoms with E-state index in [2.05, 4.69) is 10.4 Å². The molecule has 0 fully saturated rings. The summed E-state index contributed by atoms with van der Waals surface area (Å²) >= 11 is 6.04. The summed E-state index contributed by atoms with van der Waals surface area (Å²) < 4.78 is 3.05. The lowest BCUT2D eigenvalue weighted by Gasteiger charge is -2.22. The van der Waals surface area contributed by atoms with Crippen molar-refractivity contribution in [1.29, 1.82) is 0 Å². The van der Waals surface area contributed by atoms with Crippen LogP contribution in [0.25, 0.3) is 11.4 Å². The monoisotopic (exact) mass is 573 g/mol. The molecule has 41 heavy (non-hydrogen) atoms. The van der Waals surface area contributed by atoms with Gasteiger partial charge in [0.15, 0.2) is 5.69 Å². The molecule has 5 rings (SSSR count). The van der Waals surface area contributed by atoms with Crippen LogP contribution >= 0.6 is 11.6 Å². The average molecular weight is 574 g/mol. The number of rotatable bonds is 7. The van der Waals surface area contributed by atoms with Crippen molar-refractivity contribution < 1.29 is 14.6 Å². The van der Waals surface area contributed by atoms with Crippen LogP contribution in [0.4, 0.5) is 22.7 Å². The average Bonchev–Trinajstić information content (AvgIpc) is 3.37. The molecule has 1 aliphatic rings. The van der Waals surface area contributed by atoms with E-state index < -0.39 is 32.7 Å². The van der Waals surface area contributed by atoms with Crippen LogP contribution in [-0.4, -0.2) is 35.8 Å². The minimum atomic E-state index is -0.796. The standard InChI is InChI=1S/C27H20ClN7O6/c1-16-25(27(37)33(31(16)2)19-6-4-3-5-7-19)29-22-15-23(17-8-10-18(28)11-9-17)32(26(22)36)30-21-13-12-20(34(38)39)14-24(21)35(40)41/h3-15,30H,1-2H3. The summed E-state index contributed by atoms with van der Waals surface area (Å²) in [6.07, 6.45) is 1.44. The summed E-state index contributed by atoms with van der Waals surface area (Å²) in [4.78, 5) is 52.8. The molecule has 1 N–H and O–H groups in total. The fourth-order valence-electron chi connectivity index (χ4n) is 4.31. The molecule has 0 aliphatic carbocycles. The first-order chi connectivity index (χ1) is 19.6. The van der Waals surface area contributed by atoms with Crippen molar-refractivity contribution in [2.45, 2.75) is 6.92 Å². The van der Waals surface area contributed by atoms with Gasteiger partial charge in [0, 0.05) is 23.7 Å². The Kier molecular flexibility index (Phi) is 6.95. The van der Waals surface area contributed by atoms with Crippen LogP contribution in [0.15, 0.2) is 88.7 Å². The summed E-state index contributed by atoms with van der Waals surface area (Å²) in [6.45, 7) is 1.69. The number of anilines is 1. The van der Waals surface area contributed by atoms with E-state index in [9.17, 15) is 29.8 Å². The summed E-state index contributed by atoms with van der Waals surface area (Å²) in [5.41, 5.74) is 2.79. The second-order valence-corrected chi connectivity index (χ2v) is 9.35. The van der Waals surface area contributed by atoms with Gasteiger partial charge in [0.1, 0.15) is 11.4 Å². The Labute approximate surface area is 236 Å². The molecule has 1 aromatic heterocycles. The zero-order valence-corrected chi connectivity index (χ0v) is 22.3. The summed E-state index contributed by atoms with van der Waals surface area (Å²) in [6, 6.07) is 18.4. The second kappa shape index (κ2) is 10.5. The Morgan fingerprint density at radius 3 is 2.24 bits per heavy atom. The minimum Gasteiger partial charge on any atom is -0.285 e. The molecule has 13 nitrogen and oxygen atoms in total. The van der Waals surface area contributed by atoms with Crippen LogP contribution in [0.1, 0.15) is 11.3 Å². The third-order valence-electron chi connectivity index (χ3n) is 6.45. The van der Waals surface area contributed by atoms with Crippen molar-refractivity contribution in [3.05, 3.63) is 126 Å². The fourth-order valence-corrected chi connectivity index (χ4v) is 4.43. The molecule has 0 radical (unpaired) electrons. The lowest BCUT2D eigenvalue weighted by molar-refractivity contribution is -0.393. The van der Waals surface area contributed by atoms with Gasteiger partial charge in [0.05, 0.1) is 33.0 Å². The molecule has 2 heterocycles. The van der Waals surface area contributed by atoms with Crippen molar-refractivity contribution in [2.24, 2.45) is 12.0 Å². The van der Waals surface area contributed by atoms with Gasteiger partial charge in [-0.15, -0.1) is 0 Å². The maximum absolute atomic E-state index is 13.7. The first-order valence-electron chi connectivity index (χ1n) is 12.0. The van der Waals surface area contributed by atoms with E-state index in [0.29, 0.717) is 22.0 Å². The van der Waals surface area contributed by atoms with E-state index >= 15 is 0 Å². The van der Waals surface area contributed by atoms with Crippen molar-refractivity contribution in [3.63, 3.8) is 0 Å². The molecule has 4 aromatic rings. The van der Waals surface area contributed by atoms with Gasteiger partial charge in [-0.1, -0.05) is 41.9 Å². The van der Waals surface area contributed by atoms with Crippen LogP contribution in [0.2, 0.25) is 5.02 Å². The number of carbonyl (C=O) groups is 1. The number of nitrogens with zero attached hydrogens (tertiary/aromatic N) is 6. The predicted molar refractivity (Wildman–Crippen MR) is 152 cm³/mol. The molecule has 206 valence electrons. The molecule has 0 saturated heterocycles. The van der Waals surface area contributed by atoms with Gasteiger partial charge < -0.3 is 0 Å². The van der Waals surface area contributed by atoms with E-state index in [1.807, 2.05) is 6.07 Å². The van der Waals surface area contributed by atoms with Crippen molar-refractivity contribution in [3.8, 4) is 5.69 Å². The molecule has 0 bridgehead atoms. The number of non-ortho nitro benzene ring substituents is 1. The maximum atomic E-state index is 13.7. The number of hydrogen-bond acceptors (Lipinski definition) is 8. The number of aromatic nitrogens is 2. The van der Waals surface area contributed by atoms with Crippen molar-refractivity contribution >= 4 is 51.7 Å². The predicted octanol–water partition coefficient (Wildman–Crippen LogP) is 4.94. The molecule has 0 unspecified atom stereocenters. The van der Waals surface area contributed by atoms with E-state index in [4.69, 9.17) is 11.6 Å². The number of halogens is 1. The molecule has 1 amide bonds. The fraction of sp³-hybridized carbons (Fsp3) is 0.0741. The first-order valence-corrected chi connectivity index (χ1v) is 12.4. The van der Waals surface area contributed by atoms with Crippen LogP contribution in [-0.2, 0) is 11.8 Å². The highest BCUT2D eigenvalue weighted by Gasteiger charge is 2.33. The van der Waals surface area contributed by atoms with E-state index in [1.165, 1.54) is 10.8 Å². The smallest absolute Gasteiger partial charge is 0.285 e. The van der Waals surface area contributed by atoms with E-state index in [0.717, 1.165) is 23.2 Å². The summed E-state index contributed by atoms with van der Waals surface area (Å²) in [5.74, 6) is -0.712. The third-order valence-corrected chi connectivity index (χ3v) is 6.71. The van der Waals surface area contributed by atoms with Crippen LogP contribution in [0.3, 0.4) is 0 Å². The topological polar surface area (TPSA) is 158 Å². The molecular formula is C27H20ClN7O6. The van der Waals surface area contributed by atoms with Crippen molar-refractivity contribution in [2.75, 3.05) is 5.43 Å². The molecule has 1 aliphatic heterocycles. The largest absolute Gasteiger partial charge is 0.300 e. The number of hydrazine groups is 1. The van der Waals surface area contributed by atoms with Crippen molar-refractivity contribution in [1.82, 2.24) is 14.4 Å². The second-order valence-electron chi connectivity index (χ2n) is 8.91. The first kappa shape index (κ1) is 27.0. The van der Waals surface area contributed by atoms with E-state index in [-0.39, 0.29) is 22.8 Å². The van der Waals surface area contributed by atoms with Gasteiger partial charge in [-0.25, -0.2) is 14.7 Å². The summed E-state index contributed by atoms with van der Waals surface area (Å²) in [7, 11) is 1.69. The van der Waals surface area contributed by atoms with Crippen LogP contribution in [0, 0.1) is 27.2 Å². The third kappa shape index (κ3) is 4.96. The number of benzene rings is 3. The minimum absolute atomic E-state index is 0.0366. The Morgan fingerprint density at radius 2 is 1.61 bits per heavy atom. The van der Waals surface area contributed by atoms with Gasteiger partial charge in [-0.05, 0) is 43.3 Å². The number of carbonyl (C=O) groups excluding carboxylic acids is 1. The number of para-hydroxylation sites is 1. The van der Waals surface area contributed by atoms with Gasteiger partial charge in [-0.2, -0.15) is 0 Å². The Morgan fingerprint density at radius 1 is 0.927 bits per heavy atom. The van der Waals surface area contributed by atoms with Crippen LogP contribution in [0.5, 0.6) is 0 Å². The number of aliphatic imine (C=N–C) groups is 1. The van der Waals surface area contributed by atoms with Gasteiger partial charge in [0.25, 0.3) is 17.2 Å². The Balaban J connectivity index is 1.62. The van der Waals surface area contributed by atoms with Gasteiger partial charge in [0.2, 0.25) is 0 Å². The molecule has 14 heteroatoms.